The topological polar surface area (TPSA) is 93.8 Å². The maximum atomic E-state index is 12.5. The lowest BCUT2D eigenvalue weighted by Crippen LogP contribution is -2.41. The Labute approximate surface area is 133 Å². The van der Waals surface area contributed by atoms with Crippen molar-refractivity contribution in [2.24, 2.45) is 0 Å². The first-order chi connectivity index (χ1) is 10.5. The van der Waals surface area contributed by atoms with E-state index in [-0.39, 0.29) is 5.91 Å². The smallest absolute Gasteiger partial charge is 0.253 e. The third-order valence-electron chi connectivity index (χ3n) is 3.83. The minimum Gasteiger partial charge on any atom is -0.374 e. The average molecular weight is 317 g/mol. The molecule has 2 aromatic heterocycles. The van der Waals surface area contributed by atoms with Gasteiger partial charge in [0.1, 0.15) is 5.01 Å². The van der Waals surface area contributed by atoms with Gasteiger partial charge in [0.25, 0.3) is 5.91 Å². The van der Waals surface area contributed by atoms with Gasteiger partial charge in [-0.1, -0.05) is 11.3 Å². The number of hydrogen-bond donors (Lipinski definition) is 2. The first kappa shape index (κ1) is 14.9. The van der Waals surface area contributed by atoms with Crippen LogP contribution in [-0.4, -0.2) is 21.1 Å². The van der Waals surface area contributed by atoms with E-state index in [1.165, 1.54) is 23.3 Å². The lowest BCUT2D eigenvalue weighted by atomic mass is 9.95. The van der Waals surface area contributed by atoms with Gasteiger partial charge >= 0.3 is 0 Å². The molecule has 0 aliphatic heterocycles. The SMILES string of the molecule is CC(C)(NC(=O)c1cnc2c(c1)CCCC2)c1nnc(N)s1. The molecule has 3 N–H and O–H groups in total. The molecule has 0 spiro atoms. The van der Waals surface area contributed by atoms with Crippen molar-refractivity contribution in [3.8, 4) is 0 Å². The molecule has 0 saturated carbocycles. The second-order valence-electron chi connectivity index (χ2n) is 6.06. The van der Waals surface area contributed by atoms with Gasteiger partial charge in [0.05, 0.1) is 11.1 Å². The van der Waals surface area contributed by atoms with Crippen molar-refractivity contribution < 1.29 is 4.79 Å². The molecule has 1 amide bonds. The monoisotopic (exact) mass is 317 g/mol. The van der Waals surface area contributed by atoms with Gasteiger partial charge in [-0.3, -0.25) is 9.78 Å². The van der Waals surface area contributed by atoms with E-state index in [4.69, 9.17) is 5.73 Å². The highest BCUT2D eigenvalue weighted by Crippen LogP contribution is 2.25. The van der Waals surface area contributed by atoms with Crippen LogP contribution in [0.15, 0.2) is 12.3 Å². The van der Waals surface area contributed by atoms with E-state index in [1.54, 1.807) is 6.20 Å². The van der Waals surface area contributed by atoms with Crippen molar-refractivity contribution in [2.45, 2.75) is 45.1 Å². The fourth-order valence-electron chi connectivity index (χ4n) is 2.61. The summed E-state index contributed by atoms with van der Waals surface area (Å²) in [7, 11) is 0. The number of carbonyl (C=O) groups is 1. The van der Waals surface area contributed by atoms with E-state index in [1.807, 2.05) is 19.9 Å². The largest absolute Gasteiger partial charge is 0.374 e. The summed E-state index contributed by atoms with van der Waals surface area (Å²) >= 11 is 1.28. The number of hydrogen-bond acceptors (Lipinski definition) is 6. The maximum Gasteiger partial charge on any atom is 0.253 e. The zero-order valence-corrected chi connectivity index (χ0v) is 13.5. The number of rotatable bonds is 3. The van der Waals surface area contributed by atoms with Crippen LogP contribution in [0.5, 0.6) is 0 Å². The Morgan fingerprint density at radius 3 is 2.82 bits per heavy atom. The number of aryl methyl sites for hydroxylation is 2. The van der Waals surface area contributed by atoms with E-state index in [2.05, 4.69) is 20.5 Å². The number of nitrogens with one attached hydrogen (secondary N) is 1. The summed E-state index contributed by atoms with van der Waals surface area (Å²) in [6.07, 6.45) is 6.00. The standard InChI is InChI=1S/C15H19N5OS/c1-15(2,13-19-20-14(16)22-13)18-12(21)10-7-9-5-3-4-6-11(9)17-8-10/h7-8H,3-6H2,1-2H3,(H2,16,20)(H,18,21). The number of nitrogen functional groups attached to an aromatic ring is 1. The Kier molecular flexibility index (Phi) is 3.82. The van der Waals surface area contributed by atoms with Crippen LogP contribution in [0.4, 0.5) is 5.13 Å². The summed E-state index contributed by atoms with van der Waals surface area (Å²) in [5, 5.41) is 11.9. The number of anilines is 1. The van der Waals surface area contributed by atoms with Crippen LogP contribution in [0.3, 0.4) is 0 Å². The van der Waals surface area contributed by atoms with E-state index in [9.17, 15) is 4.79 Å². The molecule has 0 atom stereocenters. The quantitative estimate of drug-likeness (QED) is 0.903. The minimum absolute atomic E-state index is 0.153. The Bertz CT molecular complexity index is 710. The second kappa shape index (κ2) is 5.64. The minimum atomic E-state index is -0.623. The van der Waals surface area contributed by atoms with Gasteiger partial charge in [-0.25, -0.2) is 0 Å². The molecule has 2 heterocycles. The summed E-state index contributed by atoms with van der Waals surface area (Å²) in [5.74, 6) is -0.153. The van der Waals surface area contributed by atoms with Crippen LogP contribution in [0, 0.1) is 0 Å². The lowest BCUT2D eigenvalue weighted by molar-refractivity contribution is 0.0911. The van der Waals surface area contributed by atoms with Crippen LogP contribution >= 0.6 is 11.3 Å². The van der Waals surface area contributed by atoms with Crippen molar-refractivity contribution in [1.82, 2.24) is 20.5 Å². The molecule has 116 valence electrons. The first-order valence-corrected chi connectivity index (χ1v) is 8.17. The van der Waals surface area contributed by atoms with Gasteiger partial charge in [-0.15, -0.1) is 10.2 Å². The van der Waals surface area contributed by atoms with E-state index >= 15 is 0 Å². The summed E-state index contributed by atoms with van der Waals surface area (Å²) in [6.45, 7) is 3.77. The zero-order valence-electron chi connectivity index (χ0n) is 12.7. The summed E-state index contributed by atoms with van der Waals surface area (Å²) in [5.41, 5.74) is 7.90. The molecule has 7 heteroatoms. The Morgan fingerprint density at radius 1 is 1.32 bits per heavy atom. The van der Waals surface area contributed by atoms with E-state index < -0.39 is 5.54 Å². The predicted molar refractivity (Wildman–Crippen MR) is 85.7 cm³/mol. The van der Waals surface area contributed by atoms with Crippen molar-refractivity contribution >= 4 is 22.4 Å². The van der Waals surface area contributed by atoms with Crippen molar-refractivity contribution in [3.63, 3.8) is 0 Å². The third-order valence-corrected chi connectivity index (χ3v) is 4.91. The molecule has 1 aliphatic carbocycles. The number of nitrogens with zero attached hydrogens (tertiary/aromatic N) is 3. The van der Waals surface area contributed by atoms with Gasteiger partial charge in [0.2, 0.25) is 5.13 Å². The molecular formula is C15H19N5OS. The van der Waals surface area contributed by atoms with E-state index in [0.717, 1.165) is 25.0 Å². The number of pyridine rings is 1. The number of fused-ring (bicyclic) bond motifs is 1. The molecule has 1 aliphatic rings. The molecule has 0 aromatic carbocycles. The number of amides is 1. The maximum absolute atomic E-state index is 12.5. The second-order valence-corrected chi connectivity index (χ2v) is 7.07. The van der Waals surface area contributed by atoms with Crippen LogP contribution in [0.25, 0.3) is 0 Å². The number of aromatic nitrogens is 3. The highest BCUT2D eigenvalue weighted by Gasteiger charge is 2.28. The van der Waals surface area contributed by atoms with Crippen molar-refractivity contribution in [3.05, 3.63) is 34.1 Å². The summed E-state index contributed by atoms with van der Waals surface area (Å²) in [4.78, 5) is 16.9. The van der Waals surface area contributed by atoms with Crippen LogP contribution in [0.2, 0.25) is 0 Å². The molecule has 3 rings (SSSR count). The highest BCUT2D eigenvalue weighted by molar-refractivity contribution is 7.15. The van der Waals surface area contributed by atoms with Gasteiger partial charge in [0.15, 0.2) is 0 Å². The van der Waals surface area contributed by atoms with Crippen molar-refractivity contribution in [1.29, 1.82) is 0 Å². The zero-order chi connectivity index (χ0) is 15.7. The fraction of sp³-hybridized carbons (Fsp3) is 0.467. The van der Waals surface area contributed by atoms with Crippen LogP contribution in [0.1, 0.15) is 53.3 Å². The number of carbonyl (C=O) groups excluding carboxylic acids is 1. The average Bonchev–Trinajstić information content (AvgIpc) is 2.94. The molecular weight excluding hydrogens is 298 g/mol. The molecule has 0 radical (unpaired) electrons. The fourth-order valence-corrected chi connectivity index (χ4v) is 3.28. The molecule has 22 heavy (non-hydrogen) atoms. The molecule has 0 bridgehead atoms. The Morgan fingerprint density at radius 2 is 2.09 bits per heavy atom. The normalized spacial score (nSPS) is 14.5. The van der Waals surface area contributed by atoms with Crippen LogP contribution in [-0.2, 0) is 18.4 Å². The molecule has 0 unspecified atom stereocenters. The van der Waals surface area contributed by atoms with Crippen molar-refractivity contribution in [2.75, 3.05) is 5.73 Å². The van der Waals surface area contributed by atoms with Gasteiger partial charge in [0, 0.05) is 11.9 Å². The highest BCUT2D eigenvalue weighted by atomic mass is 32.1. The summed E-state index contributed by atoms with van der Waals surface area (Å²) < 4.78 is 0. The predicted octanol–water partition coefficient (Wildman–Crippen LogP) is 2.06. The Balaban J connectivity index is 1.79. The number of nitrogens with two attached hydrogens (primary N) is 1. The lowest BCUT2D eigenvalue weighted by Gasteiger charge is -2.23. The summed E-state index contributed by atoms with van der Waals surface area (Å²) in [6, 6.07) is 1.96. The van der Waals surface area contributed by atoms with Crippen LogP contribution < -0.4 is 11.1 Å². The molecule has 0 saturated heterocycles. The third kappa shape index (κ3) is 2.94. The molecule has 6 nitrogen and oxygen atoms in total. The molecule has 2 aromatic rings. The Hall–Kier alpha value is -2.02. The first-order valence-electron chi connectivity index (χ1n) is 7.35. The van der Waals surface area contributed by atoms with Gasteiger partial charge < -0.3 is 11.1 Å². The van der Waals surface area contributed by atoms with Gasteiger partial charge in [-0.2, -0.15) is 0 Å². The van der Waals surface area contributed by atoms with E-state index in [0.29, 0.717) is 15.7 Å². The molecule has 0 fully saturated rings. The van der Waals surface area contributed by atoms with Gasteiger partial charge in [-0.05, 0) is 51.2 Å².